The fraction of sp³-hybridized carbons (Fsp3) is 0.846. The predicted molar refractivity (Wildman–Crippen MR) is 74.3 cm³/mol. The first kappa shape index (κ1) is 13.7. The maximum absolute atomic E-state index is 12.7. The molecule has 2 aliphatic rings. The summed E-state index contributed by atoms with van der Waals surface area (Å²) in [5, 5.41) is 0. The highest BCUT2D eigenvalue weighted by atomic mass is 32.1. The number of likely N-dealkylation sites (tertiary alicyclic amines) is 1. The molecule has 1 heterocycles. The van der Waals surface area contributed by atoms with Crippen LogP contribution in [0.5, 0.6) is 0 Å². The topological polar surface area (TPSA) is 55.6 Å². The van der Waals surface area contributed by atoms with Gasteiger partial charge in [-0.05, 0) is 19.3 Å². The Labute approximate surface area is 114 Å². The molecule has 1 aliphatic carbocycles. The molecule has 0 bridgehead atoms. The van der Waals surface area contributed by atoms with E-state index in [1.165, 1.54) is 6.42 Å². The Bertz CT molecular complexity index is 340. The average molecular weight is 270 g/mol. The number of hydrogen-bond acceptors (Lipinski definition) is 3. The molecule has 2 fully saturated rings. The van der Waals surface area contributed by atoms with Crippen LogP contribution in [0.3, 0.4) is 0 Å². The van der Waals surface area contributed by atoms with Gasteiger partial charge < -0.3 is 15.4 Å². The summed E-state index contributed by atoms with van der Waals surface area (Å²) in [6, 6.07) is 0. The number of ether oxygens (including phenoxy) is 1. The van der Waals surface area contributed by atoms with Crippen LogP contribution in [0.25, 0.3) is 0 Å². The van der Waals surface area contributed by atoms with Crippen LogP contribution in [0.15, 0.2) is 0 Å². The van der Waals surface area contributed by atoms with Crippen molar-refractivity contribution in [2.24, 2.45) is 11.1 Å². The van der Waals surface area contributed by atoms with Crippen LogP contribution in [-0.4, -0.2) is 42.1 Å². The van der Waals surface area contributed by atoms with Gasteiger partial charge in [0.1, 0.15) is 0 Å². The maximum Gasteiger partial charge on any atom is 0.235 e. The van der Waals surface area contributed by atoms with E-state index in [9.17, 15) is 4.79 Å². The SMILES string of the molecule is COC1CCN(C(=O)C2(C(N)=S)CCCCC2)C1. The largest absolute Gasteiger partial charge is 0.392 e. The molecule has 4 nitrogen and oxygen atoms in total. The van der Waals surface area contributed by atoms with Crippen molar-refractivity contribution in [2.45, 2.75) is 44.6 Å². The highest BCUT2D eigenvalue weighted by Crippen LogP contribution is 2.39. The summed E-state index contributed by atoms with van der Waals surface area (Å²) in [5.41, 5.74) is 5.32. The Kier molecular flexibility index (Phi) is 4.22. The molecule has 5 heteroatoms. The van der Waals surface area contributed by atoms with Gasteiger partial charge in [-0.15, -0.1) is 0 Å². The molecule has 1 aliphatic heterocycles. The van der Waals surface area contributed by atoms with Crippen molar-refractivity contribution in [2.75, 3.05) is 20.2 Å². The van der Waals surface area contributed by atoms with E-state index in [1.807, 2.05) is 4.90 Å². The minimum atomic E-state index is -0.573. The van der Waals surface area contributed by atoms with Crippen molar-refractivity contribution in [1.29, 1.82) is 0 Å². The van der Waals surface area contributed by atoms with Gasteiger partial charge in [-0.2, -0.15) is 0 Å². The van der Waals surface area contributed by atoms with Crippen LogP contribution in [0, 0.1) is 5.41 Å². The third-order valence-corrected chi connectivity index (χ3v) is 4.74. The van der Waals surface area contributed by atoms with E-state index in [1.54, 1.807) is 7.11 Å². The summed E-state index contributed by atoms with van der Waals surface area (Å²) < 4.78 is 5.31. The number of hydrogen-bond donors (Lipinski definition) is 1. The quantitative estimate of drug-likeness (QED) is 0.789. The highest BCUT2D eigenvalue weighted by molar-refractivity contribution is 7.80. The molecule has 1 amide bonds. The number of methoxy groups -OCH3 is 1. The van der Waals surface area contributed by atoms with Gasteiger partial charge in [0.15, 0.2) is 0 Å². The Morgan fingerprint density at radius 2 is 2.06 bits per heavy atom. The zero-order valence-electron chi connectivity index (χ0n) is 11.0. The molecule has 0 aromatic rings. The number of amides is 1. The second-order valence-electron chi connectivity index (χ2n) is 5.40. The normalized spacial score (nSPS) is 27.2. The van der Waals surface area contributed by atoms with Crippen molar-refractivity contribution >= 4 is 23.1 Å². The summed E-state index contributed by atoms with van der Waals surface area (Å²) in [7, 11) is 1.70. The monoisotopic (exact) mass is 270 g/mol. The lowest BCUT2D eigenvalue weighted by molar-refractivity contribution is -0.139. The molecule has 0 aromatic heterocycles. The second-order valence-corrected chi connectivity index (χ2v) is 5.84. The maximum atomic E-state index is 12.7. The average Bonchev–Trinajstić information content (AvgIpc) is 2.87. The Balaban J connectivity index is 2.11. The van der Waals surface area contributed by atoms with E-state index >= 15 is 0 Å². The summed E-state index contributed by atoms with van der Waals surface area (Å²) in [6.45, 7) is 1.45. The zero-order valence-corrected chi connectivity index (χ0v) is 11.8. The van der Waals surface area contributed by atoms with Gasteiger partial charge in [0.05, 0.1) is 16.5 Å². The molecule has 0 aromatic carbocycles. The molecule has 2 N–H and O–H groups in total. The molecule has 18 heavy (non-hydrogen) atoms. The molecule has 2 rings (SSSR count). The molecular formula is C13H22N2O2S. The van der Waals surface area contributed by atoms with Gasteiger partial charge in [0.2, 0.25) is 5.91 Å². The van der Waals surface area contributed by atoms with Crippen LogP contribution in [0.4, 0.5) is 0 Å². The van der Waals surface area contributed by atoms with Crippen molar-refractivity contribution in [1.82, 2.24) is 4.90 Å². The van der Waals surface area contributed by atoms with Crippen LogP contribution in [-0.2, 0) is 9.53 Å². The fourth-order valence-corrected chi connectivity index (χ4v) is 3.42. The number of nitrogens with zero attached hydrogens (tertiary/aromatic N) is 1. The van der Waals surface area contributed by atoms with Gasteiger partial charge >= 0.3 is 0 Å². The van der Waals surface area contributed by atoms with Crippen LogP contribution >= 0.6 is 12.2 Å². The minimum absolute atomic E-state index is 0.134. The third-order valence-electron chi connectivity index (χ3n) is 4.35. The molecule has 1 atom stereocenters. The lowest BCUT2D eigenvalue weighted by Crippen LogP contribution is -2.51. The number of carbonyl (C=O) groups is 1. The lowest BCUT2D eigenvalue weighted by Gasteiger charge is -2.37. The standard InChI is InChI=1S/C13H22N2O2S/c1-17-10-5-8-15(9-10)12(16)13(11(14)18)6-3-2-4-7-13/h10H,2-9H2,1H3,(H2,14,18). The van der Waals surface area contributed by atoms with Crippen molar-refractivity contribution < 1.29 is 9.53 Å². The van der Waals surface area contributed by atoms with Crippen LogP contribution in [0.1, 0.15) is 38.5 Å². The molecular weight excluding hydrogens is 248 g/mol. The molecule has 1 saturated carbocycles. The molecule has 102 valence electrons. The minimum Gasteiger partial charge on any atom is -0.392 e. The predicted octanol–water partition coefficient (Wildman–Crippen LogP) is 1.47. The van der Waals surface area contributed by atoms with Crippen molar-refractivity contribution in [3.05, 3.63) is 0 Å². The van der Waals surface area contributed by atoms with E-state index in [0.717, 1.165) is 38.6 Å². The van der Waals surface area contributed by atoms with Gasteiger partial charge in [0, 0.05) is 20.2 Å². The Morgan fingerprint density at radius 1 is 1.39 bits per heavy atom. The lowest BCUT2D eigenvalue weighted by atomic mass is 9.73. The molecule has 0 radical (unpaired) electrons. The molecule has 1 unspecified atom stereocenters. The van der Waals surface area contributed by atoms with E-state index in [2.05, 4.69) is 0 Å². The van der Waals surface area contributed by atoms with E-state index in [-0.39, 0.29) is 12.0 Å². The van der Waals surface area contributed by atoms with Gasteiger partial charge in [-0.25, -0.2) is 0 Å². The Morgan fingerprint density at radius 3 is 2.56 bits per heavy atom. The van der Waals surface area contributed by atoms with E-state index < -0.39 is 5.41 Å². The van der Waals surface area contributed by atoms with E-state index in [0.29, 0.717) is 11.5 Å². The number of rotatable bonds is 3. The van der Waals surface area contributed by atoms with Crippen LogP contribution in [0.2, 0.25) is 0 Å². The summed E-state index contributed by atoms with van der Waals surface area (Å²) in [4.78, 5) is 15.0. The molecule has 0 spiro atoms. The van der Waals surface area contributed by atoms with Crippen molar-refractivity contribution in [3.63, 3.8) is 0 Å². The van der Waals surface area contributed by atoms with Gasteiger partial charge in [-0.1, -0.05) is 31.5 Å². The molecule has 1 saturated heterocycles. The van der Waals surface area contributed by atoms with Crippen molar-refractivity contribution in [3.8, 4) is 0 Å². The van der Waals surface area contributed by atoms with Gasteiger partial charge in [0.25, 0.3) is 0 Å². The number of thiocarbonyl (C=S) groups is 1. The highest BCUT2D eigenvalue weighted by Gasteiger charge is 2.46. The first-order valence-corrected chi connectivity index (χ1v) is 7.13. The van der Waals surface area contributed by atoms with Crippen LogP contribution < -0.4 is 5.73 Å². The van der Waals surface area contributed by atoms with E-state index in [4.69, 9.17) is 22.7 Å². The number of carbonyl (C=O) groups excluding carboxylic acids is 1. The fourth-order valence-electron chi connectivity index (χ4n) is 3.13. The smallest absolute Gasteiger partial charge is 0.235 e. The summed E-state index contributed by atoms with van der Waals surface area (Å²) in [6.07, 6.45) is 5.98. The Hall–Kier alpha value is -0.680. The van der Waals surface area contributed by atoms with Gasteiger partial charge in [-0.3, -0.25) is 4.79 Å². The summed E-state index contributed by atoms with van der Waals surface area (Å²) in [5.74, 6) is 0.134. The second kappa shape index (κ2) is 5.53. The third kappa shape index (κ3) is 2.38. The summed E-state index contributed by atoms with van der Waals surface area (Å²) >= 11 is 5.20. The first-order chi connectivity index (χ1) is 8.60. The zero-order chi connectivity index (χ0) is 13.2. The first-order valence-electron chi connectivity index (χ1n) is 6.72. The number of nitrogens with two attached hydrogens (primary N) is 1.